The lowest BCUT2D eigenvalue weighted by atomic mass is 10.2. The van der Waals surface area contributed by atoms with Gasteiger partial charge in [0.05, 0.1) is 29.5 Å². The van der Waals surface area contributed by atoms with Crippen LogP contribution in [0.5, 0.6) is 5.75 Å². The van der Waals surface area contributed by atoms with E-state index < -0.39 is 11.0 Å². The maximum atomic E-state index is 10.9. The molecule has 11 heteroatoms. The Hall–Kier alpha value is -1.99. The van der Waals surface area contributed by atoms with Gasteiger partial charge in [-0.15, -0.1) is 0 Å². The Bertz CT molecular complexity index is 857. The fraction of sp³-hybridized carbons (Fsp3) is 0.333. The number of ether oxygens (including phenoxy) is 1. The van der Waals surface area contributed by atoms with Crippen LogP contribution in [0.15, 0.2) is 58.8 Å². The lowest BCUT2D eigenvalue weighted by Gasteiger charge is -2.07. The highest BCUT2D eigenvalue weighted by Gasteiger charge is 2.12. The average molecular weight is 460 g/mol. The van der Waals surface area contributed by atoms with E-state index in [9.17, 15) is 14.7 Å². The quantitative estimate of drug-likeness (QED) is 0.107. The van der Waals surface area contributed by atoms with Gasteiger partial charge in [0, 0.05) is 12.1 Å². The molecule has 0 spiro atoms. The molecule has 0 bridgehead atoms. The molecule has 0 N–H and O–H groups in total. The Morgan fingerprint density at radius 1 is 0.862 bits per heavy atom. The van der Waals surface area contributed by atoms with Gasteiger partial charge in [0.15, 0.2) is 0 Å². The van der Waals surface area contributed by atoms with Crippen LogP contribution in [0.2, 0.25) is 0 Å². The second kappa shape index (κ2) is 11.9. The van der Waals surface area contributed by atoms with E-state index in [1.807, 2.05) is 0 Å². The van der Waals surface area contributed by atoms with Crippen LogP contribution in [0, 0.1) is 10.1 Å². The second-order valence-corrected chi connectivity index (χ2v) is 10.3. The van der Waals surface area contributed by atoms with Crippen molar-refractivity contribution in [3.05, 3.63) is 58.6 Å². The molecular formula is C18H20Cl2N3O5P. The number of azo groups is 1. The summed E-state index contributed by atoms with van der Waals surface area (Å²) < 4.78 is 21.4. The molecule has 29 heavy (non-hydrogen) atoms. The lowest BCUT2D eigenvalue weighted by Crippen LogP contribution is -1.97. The van der Waals surface area contributed by atoms with Gasteiger partial charge in [-0.1, -0.05) is 6.42 Å². The topological polar surface area (TPSA) is 103 Å². The number of benzene rings is 2. The summed E-state index contributed by atoms with van der Waals surface area (Å²) in [6.45, 7) is 0.856. The monoisotopic (exact) mass is 459 g/mol. The normalized spacial score (nSPS) is 11.7. The molecule has 0 atom stereocenters. The molecule has 0 heterocycles. The minimum absolute atomic E-state index is 0.00937. The van der Waals surface area contributed by atoms with Crippen molar-refractivity contribution in [3.63, 3.8) is 0 Å². The molecule has 0 fully saturated rings. The molecule has 156 valence electrons. The molecule has 0 aromatic heterocycles. The van der Waals surface area contributed by atoms with E-state index in [1.54, 1.807) is 24.3 Å². The molecule has 0 unspecified atom stereocenters. The first-order chi connectivity index (χ1) is 13.8. The molecule has 0 aliphatic heterocycles. The fourth-order valence-corrected chi connectivity index (χ4v) is 3.04. The predicted octanol–water partition coefficient (Wildman–Crippen LogP) is 7.55. The van der Waals surface area contributed by atoms with Gasteiger partial charge in [0.25, 0.3) is 5.69 Å². The van der Waals surface area contributed by atoms with Crippen molar-refractivity contribution in [2.24, 2.45) is 10.2 Å². The maximum Gasteiger partial charge on any atom is 0.380 e. The first-order valence-corrected chi connectivity index (χ1v) is 12.3. The average Bonchev–Trinajstić information content (AvgIpc) is 2.69. The van der Waals surface area contributed by atoms with Gasteiger partial charge in [-0.25, -0.2) is 0 Å². The Labute approximate surface area is 178 Å². The number of rotatable bonds is 12. The third kappa shape index (κ3) is 9.85. The van der Waals surface area contributed by atoms with Crippen LogP contribution in [0.25, 0.3) is 0 Å². The minimum Gasteiger partial charge on any atom is -0.494 e. The highest BCUT2D eigenvalue weighted by molar-refractivity contribution is 8.05. The maximum absolute atomic E-state index is 10.9. The van der Waals surface area contributed by atoms with Gasteiger partial charge in [-0.2, -0.15) is 10.2 Å². The highest BCUT2D eigenvalue weighted by atomic mass is 35.9. The zero-order valence-corrected chi connectivity index (χ0v) is 17.9. The SMILES string of the molecule is O=[N+]([O-])c1ccc(N=Nc2ccc(OCCCCCCOP(=O)(Cl)Cl)cc2)cc1. The zero-order chi connectivity index (χ0) is 21.1. The number of hydrogen-bond donors (Lipinski definition) is 0. The first-order valence-electron chi connectivity index (χ1n) is 8.86. The van der Waals surface area contributed by atoms with E-state index in [2.05, 4.69) is 10.2 Å². The van der Waals surface area contributed by atoms with Crippen LogP contribution in [0.3, 0.4) is 0 Å². The van der Waals surface area contributed by atoms with Crippen LogP contribution >= 0.6 is 28.6 Å². The van der Waals surface area contributed by atoms with Crippen molar-refractivity contribution in [1.82, 2.24) is 0 Å². The lowest BCUT2D eigenvalue weighted by molar-refractivity contribution is -0.384. The molecule has 8 nitrogen and oxygen atoms in total. The van der Waals surface area contributed by atoms with Crippen LogP contribution in [-0.2, 0) is 9.09 Å². The van der Waals surface area contributed by atoms with Crippen molar-refractivity contribution >= 4 is 45.6 Å². The smallest absolute Gasteiger partial charge is 0.380 e. The van der Waals surface area contributed by atoms with Gasteiger partial charge >= 0.3 is 6.07 Å². The third-order valence-electron chi connectivity index (χ3n) is 3.73. The number of nitrogens with zero attached hydrogens (tertiary/aromatic N) is 3. The van der Waals surface area contributed by atoms with Crippen molar-refractivity contribution in [1.29, 1.82) is 0 Å². The summed E-state index contributed by atoms with van der Waals surface area (Å²) in [7, 11) is 0. The van der Waals surface area contributed by atoms with Gasteiger partial charge in [-0.05, 0) is 78.1 Å². The Balaban J connectivity index is 1.66. The standard InChI is InChI=1S/C18H20Cl2N3O5P/c19-29(20,26)28-14-4-2-1-3-13-27-18-11-7-16(8-12-18)22-21-15-5-9-17(10-6-15)23(24)25/h5-12H,1-4,13-14H2. The number of non-ortho nitro benzene ring substituents is 1. The summed E-state index contributed by atoms with van der Waals surface area (Å²) in [5, 5.41) is 18.8. The van der Waals surface area contributed by atoms with E-state index in [0.717, 1.165) is 31.4 Å². The van der Waals surface area contributed by atoms with E-state index >= 15 is 0 Å². The van der Waals surface area contributed by atoms with Gasteiger partial charge in [0.1, 0.15) is 5.75 Å². The van der Waals surface area contributed by atoms with E-state index in [0.29, 0.717) is 18.0 Å². The largest absolute Gasteiger partial charge is 0.494 e. The number of unbranched alkanes of at least 4 members (excludes halogenated alkanes) is 3. The van der Waals surface area contributed by atoms with Crippen molar-refractivity contribution < 1.29 is 18.7 Å². The predicted molar refractivity (Wildman–Crippen MR) is 113 cm³/mol. The Kier molecular flexibility index (Phi) is 9.54. The van der Waals surface area contributed by atoms with Crippen molar-refractivity contribution in [3.8, 4) is 5.75 Å². The van der Waals surface area contributed by atoms with Crippen LogP contribution in [0.4, 0.5) is 17.1 Å². The fourth-order valence-electron chi connectivity index (χ4n) is 2.28. The molecule has 0 saturated heterocycles. The van der Waals surface area contributed by atoms with Gasteiger partial charge < -0.3 is 9.26 Å². The summed E-state index contributed by atoms with van der Waals surface area (Å²) in [5.41, 5.74) is 1.18. The molecule has 2 aromatic carbocycles. The Morgan fingerprint density at radius 2 is 1.38 bits per heavy atom. The Morgan fingerprint density at radius 3 is 1.90 bits per heavy atom. The second-order valence-electron chi connectivity index (χ2n) is 5.98. The van der Waals surface area contributed by atoms with Crippen LogP contribution in [0.1, 0.15) is 25.7 Å². The summed E-state index contributed by atoms with van der Waals surface area (Å²) in [6, 6.07) is 13.0. The summed E-state index contributed by atoms with van der Waals surface area (Å²) in [6.07, 6.45) is 0.0373. The highest BCUT2D eigenvalue weighted by Crippen LogP contribution is 2.57. The van der Waals surface area contributed by atoms with E-state index in [4.69, 9.17) is 31.7 Å². The number of nitro groups is 1. The van der Waals surface area contributed by atoms with Crippen molar-refractivity contribution in [2.45, 2.75) is 25.7 Å². The molecular weight excluding hydrogens is 440 g/mol. The number of nitro benzene ring substituents is 1. The molecule has 0 radical (unpaired) electrons. The molecule has 0 aliphatic rings. The van der Waals surface area contributed by atoms with Gasteiger partial charge in [0.2, 0.25) is 0 Å². The summed E-state index contributed by atoms with van der Waals surface area (Å²) in [5.74, 6) is 0.729. The van der Waals surface area contributed by atoms with Gasteiger partial charge in [-0.3, -0.25) is 14.7 Å². The molecule has 0 amide bonds. The minimum atomic E-state index is -3.42. The molecule has 0 saturated carbocycles. The third-order valence-corrected chi connectivity index (χ3v) is 4.80. The van der Waals surface area contributed by atoms with E-state index in [1.165, 1.54) is 24.3 Å². The van der Waals surface area contributed by atoms with Crippen LogP contribution < -0.4 is 4.74 Å². The van der Waals surface area contributed by atoms with E-state index in [-0.39, 0.29) is 12.3 Å². The summed E-state index contributed by atoms with van der Waals surface area (Å²) in [4.78, 5) is 10.2. The number of halogens is 2. The molecule has 0 aliphatic carbocycles. The first kappa shape index (κ1) is 23.3. The van der Waals surface area contributed by atoms with Crippen molar-refractivity contribution in [2.75, 3.05) is 13.2 Å². The molecule has 2 aromatic rings. The number of hydrogen-bond acceptors (Lipinski definition) is 7. The molecule has 2 rings (SSSR count). The zero-order valence-electron chi connectivity index (χ0n) is 15.4. The summed E-state index contributed by atoms with van der Waals surface area (Å²) >= 11 is 10.6. The van der Waals surface area contributed by atoms with Crippen LogP contribution in [-0.4, -0.2) is 18.1 Å².